The summed E-state index contributed by atoms with van der Waals surface area (Å²) < 4.78 is 5.36. The largest absolute Gasteiger partial charge is 0.461 e. The molecule has 0 atom stereocenters. The molecular formula is C8H8OS. The molecule has 1 nitrogen and oxygen atoms in total. The van der Waals surface area contributed by atoms with Gasteiger partial charge in [-0.25, -0.2) is 0 Å². The first-order valence-electron chi connectivity index (χ1n) is 3.22. The van der Waals surface area contributed by atoms with Crippen LogP contribution in [0, 0.1) is 0 Å². The first kappa shape index (κ1) is 6.10. The van der Waals surface area contributed by atoms with Gasteiger partial charge in [0.15, 0.2) is 0 Å². The lowest BCUT2D eigenvalue weighted by atomic mass is 10.3. The molecule has 0 saturated heterocycles. The first-order valence-corrected chi connectivity index (χ1v) is 4.44. The minimum atomic E-state index is 0.973. The van der Waals surface area contributed by atoms with E-state index in [-0.39, 0.29) is 0 Å². The van der Waals surface area contributed by atoms with Crippen LogP contribution in [-0.2, 0) is 6.42 Å². The maximum Gasteiger partial charge on any atom is 0.127 e. The Hall–Kier alpha value is -0.630. The zero-order chi connectivity index (χ0) is 6.97. The molecule has 0 aromatic carbocycles. The number of fused-ring (bicyclic) bond motifs is 2. The van der Waals surface area contributed by atoms with E-state index in [0.717, 1.165) is 17.9 Å². The van der Waals surface area contributed by atoms with E-state index >= 15 is 0 Å². The highest BCUT2D eigenvalue weighted by Gasteiger charge is 2.09. The second-order valence-electron chi connectivity index (χ2n) is 2.30. The van der Waals surface area contributed by atoms with Gasteiger partial charge in [-0.05, 0) is 29.4 Å². The van der Waals surface area contributed by atoms with Crippen LogP contribution in [-0.4, -0.2) is 6.26 Å². The third kappa shape index (κ3) is 0.886. The average molecular weight is 152 g/mol. The summed E-state index contributed by atoms with van der Waals surface area (Å²) in [7, 11) is 0. The van der Waals surface area contributed by atoms with Crippen LogP contribution in [0.5, 0.6) is 0 Å². The Kier molecular flexibility index (Phi) is 1.34. The Bertz CT molecular complexity index is 273. The normalized spacial score (nSPS) is 15.1. The summed E-state index contributed by atoms with van der Waals surface area (Å²) in [6, 6.07) is 4.05. The SMILES string of the molecule is CSC1=Cc2ccc(o2)C1. The lowest BCUT2D eigenvalue weighted by Gasteiger charge is -2.04. The predicted octanol–water partition coefficient (Wildman–Crippen LogP) is 2.54. The molecule has 0 spiro atoms. The van der Waals surface area contributed by atoms with Gasteiger partial charge in [0.1, 0.15) is 11.5 Å². The predicted molar refractivity (Wildman–Crippen MR) is 43.9 cm³/mol. The highest BCUT2D eigenvalue weighted by atomic mass is 32.2. The Balaban J connectivity index is 2.39. The topological polar surface area (TPSA) is 13.1 Å². The van der Waals surface area contributed by atoms with Crippen LogP contribution in [0.2, 0.25) is 0 Å². The molecule has 1 aliphatic rings. The fourth-order valence-electron chi connectivity index (χ4n) is 1.08. The molecule has 1 aromatic heterocycles. The van der Waals surface area contributed by atoms with Crippen LogP contribution in [0.25, 0.3) is 6.08 Å². The van der Waals surface area contributed by atoms with E-state index < -0.39 is 0 Å². The molecule has 0 amide bonds. The van der Waals surface area contributed by atoms with Crippen molar-refractivity contribution >= 4 is 17.8 Å². The fourth-order valence-corrected chi connectivity index (χ4v) is 1.60. The molecule has 52 valence electrons. The molecule has 0 unspecified atom stereocenters. The molecule has 0 radical (unpaired) electrons. The lowest BCUT2D eigenvalue weighted by molar-refractivity contribution is 0.506. The number of hydrogen-bond donors (Lipinski definition) is 0. The van der Waals surface area contributed by atoms with Gasteiger partial charge in [0, 0.05) is 6.42 Å². The van der Waals surface area contributed by atoms with Crippen molar-refractivity contribution in [3.8, 4) is 0 Å². The number of allylic oxidation sites excluding steroid dienone is 1. The lowest BCUT2D eigenvalue weighted by Crippen LogP contribution is -1.86. The molecule has 0 fully saturated rings. The van der Waals surface area contributed by atoms with Crippen molar-refractivity contribution in [2.24, 2.45) is 0 Å². The van der Waals surface area contributed by atoms with Gasteiger partial charge in [-0.2, -0.15) is 0 Å². The highest BCUT2D eigenvalue weighted by Crippen LogP contribution is 2.27. The second-order valence-corrected chi connectivity index (χ2v) is 3.23. The van der Waals surface area contributed by atoms with E-state index in [4.69, 9.17) is 4.42 Å². The fraction of sp³-hybridized carbons (Fsp3) is 0.250. The molecule has 1 aromatic rings. The molecule has 0 N–H and O–H groups in total. The van der Waals surface area contributed by atoms with E-state index in [1.165, 1.54) is 4.91 Å². The minimum absolute atomic E-state index is 0.973. The summed E-state index contributed by atoms with van der Waals surface area (Å²) in [5.41, 5.74) is 0. The molecule has 2 rings (SSSR count). The number of hydrogen-bond acceptors (Lipinski definition) is 2. The van der Waals surface area contributed by atoms with Crippen LogP contribution < -0.4 is 0 Å². The van der Waals surface area contributed by atoms with Crippen molar-refractivity contribution in [3.05, 3.63) is 28.6 Å². The second kappa shape index (κ2) is 2.20. The summed E-state index contributed by atoms with van der Waals surface area (Å²) in [5, 5.41) is 0. The van der Waals surface area contributed by atoms with Crippen molar-refractivity contribution < 1.29 is 4.42 Å². The molecular weight excluding hydrogens is 144 g/mol. The highest BCUT2D eigenvalue weighted by molar-refractivity contribution is 8.02. The van der Waals surface area contributed by atoms with Crippen LogP contribution in [0.1, 0.15) is 11.5 Å². The smallest absolute Gasteiger partial charge is 0.127 e. The van der Waals surface area contributed by atoms with Gasteiger partial charge in [0.05, 0.1) is 0 Å². The average Bonchev–Trinajstić information content (AvgIpc) is 2.30. The van der Waals surface area contributed by atoms with Crippen molar-refractivity contribution in [2.45, 2.75) is 6.42 Å². The number of rotatable bonds is 1. The zero-order valence-corrected chi connectivity index (χ0v) is 6.57. The summed E-state index contributed by atoms with van der Waals surface area (Å²) in [6.45, 7) is 0. The van der Waals surface area contributed by atoms with Gasteiger partial charge in [0.25, 0.3) is 0 Å². The van der Waals surface area contributed by atoms with Crippen LogP contribution >= 0.6 is 11.8 Å². The van der Waals surface area contributed by atoms with Crippen LogP contribution in [0.15, 0.2) is 21.5 Å². The molecule has 2 heteroatoms. The quantitative estimate of drug-likeness (QED) is 0.613. The van der Waals surface area contributed by atoms with Gasteiger partial charge in [0.2, 0.25) is 0 Å². The summed E-state index contributed by atoms with van der Waals surface area (Å²) >= 11 is 1.79. The molecule has 2 bridgehead atoms. The zero-order valence-electron chi connectivity index (χ0n) is 5.76. The van der Waals surface area contributed by atoms with Crippen LogP contribution in [0.4, 0.5) is 0 Å². The third-order valence-electron chi connectivity index (χ3n) is 1.60. The third-order valence-corrected chi connectivity index (χ3v) is 2.38. The molecule has 0 aliphatic carbocycles. The number of furan rings is 1. The van der Waals surface area contributed by atoms with E-state index in [2.05, 4.69) is 12.3 Å². The Morgan fingerprint density at radius 3 is 3.10 bits per heavy atom. The van der Waals surface area contributed by atoms with Crippen LogP contribution in [0.3, 0.4) is 0 Å². The van der Waals surface area contributed by atoms with Gasteiger partial charge < -0.3 is 4.42 Å². The standard InChI is InChI=1S/C8H8OS/c1-10-8-4-6-2-3-7(5-8)9-6/h2-4H,5H2,1H3. The van der Waals surface area contributed by atoms with Gasteiger partial charge in [-0.3, -0.25) is 0 Å². The van der Waals surface area contributed by atoms with E-state index in [9.17, 15) is 0 Å². The van der Waals surface area contributed by atoms with E-state index in [1.807, 2.05) is 12.1 Å². The Labute approximate surface area is 64.1 Å². The van der Waals surface area contributed by atoms with E-state index in [1.54, 1.807) is 11.8 Å². The minimum Gasteiger partial charge on any atom is -0.461 e. The monoisotopic (exact) mass is 152 g/mol. The maximum atomic E-state index is 5.36. The van der Waals surface area contributed by atoms with Crippen molar-refractivity contribution in [1.29, 1.82) is 0 Å². The van der Waals surface area contributed by atoms with Crippen molar-refractivity contribution in [3.63, 3.8) is 0 Å². The Morgan fingerprint density at radius 1 is 1.50 bits per heavy atom. The van der Waals surface area contributed by atoms with Gasteiger partial charge >= 0.3 is 0 Å². The molecule has 0 saturated carbocycles. The van der Waals surface area contributed by atoms with Gasteiger partial charge in [-0.15, -0.1) is 11.8 Å². The van der Waals surface area contributed by atoms with Crippen molar-refractivity contribution in [2.75, 3.05) is 6.26 Å². The first-order chi connectivity index (χ1) is 4.88. The van der Waals surface area contributed by atoms with E-state index in [0.29, 0.717) is 0 Å². The molecule has 10 heavy (non-hydrogen) atoms. The molecule has 2 heterocycles. The van der Waals surface area contributed by atoms with Gasteiger partial charge in [-0.1, -0.05) is 0 Å². The summed E-state index contributed by atoms with van der Waals surface area (Å²) in [5.74, 6) is 2.08. The van der Waals surface area contributed by atoms with Crippen molar-refractivity contribution in [1.82, 2.24) is 0 Å². The Morgan fingerprint density at radius 2 is 2.40 bits per heavy atom. The summed E-state index contributed by atoms with van der Waals surface area (Å²) in [6.07, 6.45) is 5.16. The molecule has 1 aliphatic heterocycles. The number of thioether (sulfide) groups is 1. The summed E-state index contributed by atoms with van der Waals surface area (Å²) in [4.78, 5) is 1.39. The maximum absolute atomic E-state index is 5.36.